The molecule has 6 N–H and O–H groups in total. The Hall–Kier alpha value is -5.31. The minimum Gasteiger partial charge on any atom is -0.490 e. The van der Waals surface area contributed by atoms with Crippen LogP contribution in [0.4, 0.5) is 37.7 Å². The summed E-state index contributed by atoms with van der Waals surface area (Å²) in [5, 5.41) is 30.5. The zero-order valence-electron chi connectivity index (χ0n) is 25.9. The fourth-order valence-corrected chi connectivity index (χ4v) is 3.89. The summed E-state index contributed by atoms with van der Waals surface area (Å²) in [5.41, 5.74) is 10.4. The lowest BCUT2D eigenvalue weighted by atomic mass is 10.0. The quantitative estimate of drug-likeness (QED) is 0.115. The van der Waals surface area contributed by atoms with E-state index in [-0.39, 0.29) is 0 Å². The number of aliphatic carboxylic acids is 2. The Bertz CT molecular complexity index is 1580. The molecule has 48 heavy (non-hydrogen) atoms. The van der Waals surface area contributed by atoms with E-state index in [1.165, 1.54) is 6.20 Å². The predicted octanol–water partition coefficient (Wildman–Crippen LogP) is 5.71. The minimum atomic E-state index is -5.08. The second-order valence-electron chi connectivity index (χ2n) is 9.21. The molecule has 3 rings (SSSR count). The lowest BCUT2D eigenvalue weighted by Crippen LogP contribution is -2.21. The van der Waals surface area contributed by atoms with Crippen LogP contribution in [-0.4, -0.2) is 65.2 Å². The third-order valence-electron chi connectivity index (χ3n) is 5.90. The predicted molar refractivity (Wildman–Crippen MR) is 161 cm³/mol. The second kappa shape index (κ2) is 18.7. The van der Waals surface area contributed by atoms with Crippen molar-refractivity contribution in [3.05, 3.63) is 53.2 Å². The van der Waals surface area contributed by atoms with E-state index >= 15 is 0 Å². The molecule has 1 amide bonds. The lowest BCUT2D eigenvalue weighted by Gasteiger charge is -2.19. The number of pyridine rings is 1. The summed E-state index contributed by atoms with van der Waals surface area (Å²) in [6.07, 6.45) is -7.44. The van der Waals surface area contributed by atoms with E-state index in [9.17, 15) is 31.1 Å². The second-order valence-corrected chi connectivity index (χ2v) is 9.21. The van der Waals surface area contributed by atoms with Gasteiger partial charge in [0.1, 0.15) is 0 Å². The van der Waals surface area contributed by atoms with Crippen molar-refractivity contribution in [3.63, 3.8) is 0 Å². The van der Waals surface area contributed by atoms with E-state index in [1.807, 2.05) is 38.1 Å². The zero-order chi connectivity index (χ0) is 36.7. The number of nitrogens with two attached hydrogens (primary N) is 1. The monoisotopic (exact) mass is 689 g/mol. The molecule has 0 spiro atoms. The Kier molecular flexibility index (Phi) is 15.9. The molecule has 0 atom stereocenters. The van der Waals surface area contributed by atoms with E-state index < -0.39 is 30.2 Å². The first-order valence-electron chi connectivity index (χ1n) is 14.0. The first-order valence-corrected chi connectivity index (χ1v) is 14.0. The number of benzene rings is 2. The van der Waals surface area contributed by atoms with Gasteiger partial charge in [0.2, 0.25) is 0 Å². The maximum absolute atomic E-state index is 12.3. The van der Waals surface area contributed by atoms with Crippen LogP contribution >= 0.6 is 0 Å². The summed E-state index contributed by atoms with van der Waals surface area (Å²) in [5.74, 6) is -4.91. The summed E-state index contributed by atoms with van der Waals surface area (Å²) in [6, 6.07) is 11.8. The van der Waals surface area contributed by atoms with E-state index in [0.29, 0.717) is 66.4 Å². The van der Waals surface area contributed by atoms with Crippen LogP contribution in [-0.2, 0) is 22.6 Å². The number of nitrogens with zero attached hydrogens (tertiary/aromatic N) is 2. The van der Waals surface area contributed by atoms with Crippen LogP contribution in [0.2, 0.25) is 0 Å². The average molecular weight is 690 g/mol. The van der Waals surface area contributed by atoms with E-state index in [2.05, 4.69) is 34.7 Å². The molecule has 0 fully saturated rings. The molecule has 262 valence electrons. The Morgan fingerprint density at radius 1 is 0.958 bits per heavy atom. The van der Waals surface area contributed by atoms with Crippen molar-refractivity contribution in [2.75, 3.05) is 25.1 Å². The molecule has 0 aliphatic carbocycles. The number of anilines is 2. The van der Waals surface area contributed by atoms with Crippen molar-refractivity contribution < 1.29 is 60.4 Å². The molecule has 3 aromatic rings. The molecule has 1 heterocycles. The smallest absolute Gasteiger partial charge is 0.490 e. The highest BCUT2D eigenvalue weighted by atomic mass is 19.4. The number of rotatable bonds is 12. The molecule has 0 saturated carbocycles. The third-order valence-corrected chi connectivity index (χ3v) is 5.90. The number of halogens is 6. The number of hydrogen-bond acceptors (Lipinski definition) is 9. The molecule has 2 aromatic carbocycles. The molecular weight excluding hydrogens is 656 g/mol. The van der Waals surface area contributed by atoms with Gasteiger partial charge in [-0.2, -0.15) is 31.6 Å². The molecule has 1 aromatic heterocycles. The molecular formula is C30H33F6N5O7. The highest BCUT2D eigenvalue weighted by Crippen LogP contribution is 2.38. The van der Waals surface area contributed by atoms with Gasteiger partial charge in [0.05, 0.1) is 36.1 Å². The van der Waals surface area contributed by atoms with Crippen molar-refractivity contribution in [2.45, 2.75) is 52.5 Å². The molecule has 0 radical (unpaired) electrons. The van der Waals surface area contributed by atoms with Gasteiger partial charge < -0.3 is 36.1 Å². The van der Waals surface area contributed by atoms with Gasteiger partial charge in [0.15, 0.2) is 11.5 Å². The van der Waals surface area contributed by atoms with E-state index in [0.717, 1.165) is 23.2 Å². The number of alkyl halides is 6. The van der Waals surface area contributed by atoms with Crippen molar-refractivity contribution in [2.24, 2.45) is 5.73 Å². The molecule has 0 aliphatic heterocycles. The van der Waals surface area contributed by atoms with Gasteiger partial charge >= 0.3 is 24.3 Å². The Morgan fingerprint density at radius 3 is 1.96 bits per heavy atom. The van der Waals surface area contributed by atoms with Gasteiger partial charge in [-0.3, -0.25) is 9.78 Å². The van der Waals surface area contributed by atoms with Crippen molar-refractivity contribution in [1.82, 2.24) is 10.3 Å². The van der Waals surface area contributed by atoms with Gasteiger partial charge in [-0.1, -0.05) is 19.1 Å². The number of ether oxygens (including phenoxy) is 2. The summed E-state index contributed by atoms with van der Waals surface area (Å²) >= 11 is 0. The van der Waals surface area contributed by atoms with Crippen LogP contribution in [0.3, 0.4) is 0 Å². The van der Waals surface area contributed by atoms with Crippen LogP contribution in [0.5, 0.6) is 11.5 Å². The number of primary amides is 1. The Morgan fingerprint density at radius 2 is 1.50 bits per heavy atom. The Balaban J connectivity index is 0.000000687. The number of carbonyl (C=O) groups excluding carboxylic acids is 1. The number of hydrogen-bond donors (Lipinski definition) is 5. The number of fused-ring (bicyclic) bond motifs is 1. The summed E-state index contributed by atoms with van der Waals surface area (Å²) in [4.78, 5) is 34.6. The van der Waals surface area contributed by atoms with Crippen LogP contribution in [0.25, 0.3) is 10.9 Å². The third kappa shape index (κ3) is 12.5. The molecule has 12 nitrogen and oxygen atoms in total. The first kappa shape index (κ1) is 40.7. The SMILES string of the molecule is CCOc1cc2ncc(C(N)=O)c(Nc3cccc(CNCCC#N)c3CC)c2cc1OCC.O=C(O)C(F)(F)F.O=C(O)C(F)(F)F. The summed E-state index contributed by atoms with van der Waals surface area (Å²) in [6.45, 7) is 8.13. The minimum absolute atomic E-state index is 0.290. The summed E-state index contributed by atoms with van der Waals surface area (Å²) in [7, 11) is 0. The molecule has 0 aliphatic rings. The van der Waals surface area contributed by atoms with Gasteiger partial charge in [0.25, 0.3) is 5.91 Å². The highest BCUT2D eigenvalue weighted by molar-refractivity contribution is 6.08. The lowest BCUT2D eigenvalue weighted by molar-refractivity contribution is -0.193. The number of carboxylic acid groups (broad SMARTS) is 2. The maximum atomic E-state index is 12.3. The highest BCUT2D eigenvalue weighted by Gasteiger charge is 2.38. The number of nitrogens with one attached hydrogen (secondary N) is 2. The van der Waals surface area contributed by atoms with Crippen molar-refractivity contribution >= 4 is 40.1 Å². The van der Waals surface area contributed by atoms with Gasteiger partial charge in [-0.25, -0.2) is 9.59 Å². The molecule has 0 unspecified atom stereocenters. The number of carboxylic acids is 2. The normalized spacial score (nSPS) is 10.8. The van der Waals surface area contributed by atoms with Gasteiger partial charge in [-0.15, -0.1) is 0 Å². The fourth-order valence-electron chi connectivity index (χ4n) is 3.89. The number of nitriles is 1. The van der Waals surface area contributed by atoms with Gasteiger partial charge in [0, 0.05) is 42.8 Å². The van der Waals surface area contributed by atoms with Crippen LogP contribution in [0.15, 0.2) is 36.5 Å². The maximum Gasteiger partial charge on any atom is 0.490 e. The van der Waals surface area contributed by atoms with Crippen molar-refractivity contribution in [3.8, 4) is 17.6 Å². The topological polar surface area (TPSA) is 197 Å². The van der Waals surface area contributed by atoms with Crippen molar-refractivity contribution in [1.29, 1.82) is 5.26 Å². The van der Waals surface area contributed by atoms with Gasteiger partial charge in [-0.05, 0) is 43.5 Å². The zero-order valence-corrected chi connectivity index (χ0v) is 25.9. The number of carbonyl (C=O) groups is 3. The summed E-state index contributed by atoms with van der Waals surface area (Å²) < 4.78 is 75.0. The Labute approximate surface area is 270 Å². The van der Waals surface area contributed by atoms with E-state index in [4.69, 9.17) is 40.3 Å². The average Bonchev–Trinajstić information content (AvgIpc) is 2.99. The number of aromatic nitrogens is 1. The first-order chi connectivity index (χ1) is 22.4. The fraction of sp³-hybridized carbons (Fsp3) is 0.367. The van der Waals surface area contributed by atoms with Crippen LogP contribution < -0.4 is 25.8 Å². The molecule has 0 saturated heterocycles. The van der Waals surface area contributed by atoms with E-state index in [1.54, 1.807) is 0 Å². The standard InChI is InChI=1S/C26H31N5O3.2C2HF3O2/c1-4-18-17(15-29-12-8-11-27)9-7-10-21(18)31-25-19-13-23(33-5-2)24(34-6-3)14-22(19)30-16-20(25)26(28)32;2*3-2(4,5)1(6)7/h7,9-10,13-14,16,29H,4-6,8,12,15H2,1-3H3,(H2,28,32)(H,30,31);2*(H,6,7). The molecule has 18 heteroatoms. The van der Waals surface area contributed by atoms with Crippen LogP contribution in [0.1, 0.15) is 48.7 Å². The number of amides is 1. The van der Waals surface area contributed by atoms with Crippen LogP contribution in [0, 0.1) is 11.3 Å². The molecule has 0 bridgehead atoms. The largest absolute Gasteiger partial charge is 0.490 e.